The van der Waals surface area contributed by atoms with E-state index in [4.69, 9.17) is 20.6 Å². The molecule has 0 saturated heterocycles. The van der Waals surface area contributed by atoms with E-state index in [1.807, 2.05) is 49.4 Å². The van der Waals surface area contributed by atoms with Gasteiger partial charge in [-0.05, 0) is 42.8 Å². The second-order valence-corrected chi connectivity index (χ2v) is 6.55. The molecule has 3 rings (SSSR count). The number of aromatic nitrogens is 2. The van der Waals surface area contributed by atoms with Crippen molar-refractivity contribution in [2.75, 3.05) is 13.7 Å². The molecule has 4 N–H and O–H groups in total. The third-order valence-electron chi connectivity index (χ3n) is 4.51. The monoisotopic (exact) mass is 407 g/mol. The van der Waals surface area contributed by atoms with E-state index in [1.165, 1.54) is 4.68 Å². The van der Waals surface area contributed by atoms with Gasteiger partial charge in [0.15, 0.2) is 0 Å². The summed E-state index contributed by atoms with van der Waals surface area (Å²) in [6.07, 6.45) is 0.847. The minimum Gasteiger partial charge on any atom is -0.497 e. The molecule has 30 heavy (non-hydrogen) atoms. The fraction of sp³-hybridized carbons (Fsp3) is 0.227. The van der Waals surface area contributed by atoms with E-state index in [1.54, 1.807) is 25.4 Å². The summed E-state index contributed by atoms with van der Waals surface area (Å²) in [6, 6.07) is 16.5. The predicted molar refractivity (Wildman–Crippen MR) is 114 cm³/mol. The van der Waals surface area contributed by atoms with Crippen molar-refractivity contribution in [2.24, 2.45) is 5.73 Å². The second kappa shape index (κ2) is 9.71. The highest BCUT2D eigenvalue weighted by Crippen LogP contribution is 2.22. The Labute approximate surface area is 175 Å². The highest BCUT2D eigenvalue weighted by Gasteiger charge is 2.21. The summed E-state index contributed by atoms with van der Waals surface area (Å²) in [5, 5.41) is 14.8. The maximum atomic E-state index is 12.7. The number of amidine groups is 1. The Morgan fingerprint density at radius 3 is 2.47 bits per heavy atom. The maximum absolute atomic E-state index is 12.7. The van der Waals surface area contributed by atoms with Crippen molar-refractivity contribution in [3.8, 4) is 17.0 Å². The summed E-state index contributed by atoms with van der Waals surface area (Å²) in [6.45, 7) is 2.52. The van der Waals surface area contributed by atoms with Gasteiger partial charge in [-0.25, -0.2) is 4.68 Å². The Morgan fingerprint density at radius 2 is 1.87 bits per heavy atom. The number of carbonyl (C=O) groups excluding carboxylic acids is 1. The Morgan fingerprint density at radius 1 is 1.17 bits per heavy atom. The summed E-state index contributed by atoms with van der Waals surface area (Å²) < 4.78 is 12.3. The molecule has 1 heterocycles. The molecule has 0 bridgehead atoms. The molecule has 8 heteroatoms. The van der Waals surface area contributed by atoms with Gasteiger partial charge in [-0.3, -0.25) is 10.2 Å². The fourth-order valence-corrected chi connectivity index (χ4v) is 2.89. The number of hydrogen-bond donors (Lipinski definition) is 3. The third-order valence-corrected chi connectivity index (χ3v) is 4.51. The zero-order chi connectivity index (χ0) is 21.5. The van der Waals surface area contributed by atoms with E-state index in [0.717, 1.165) is 22.6 Å². The predicted octanol–water partition coefficient (Wildman–Crippen LogP) is 2.69. The lowest BCUT2D eigenvalue weighted by atomic mass is 10.1. The summed E-state index contributed by atoms with van der Waals surface area (Å²) >= 11 is 0. The Hall–Kier alpha value is -3.65. The summed E-state index contributed by atoms with van der Waals surface area (Å²) in [5.41, 5.74) is 8.64. The first-order valence-corrected chi connectivity index (χ1v) is 9.54. The number of nitrogen functional groups attached to an aromatic ring is 1. The van der Waals surface area contributed by atoms with Crippen LogP contribution in [-0.2, 0) is 16.1 Å². The van der Waals surface area contributed by atoms with Crippen molar-refractivity contribution >= 4 is 11.7 Å². The molecule has 0 aliphatic heterocycles. The number of hydrogen-bond acceptors (Lipinski definition) is 5. The topological polar surface area (TPSA) is 115 Å². The number of carbonyl (C=O) groups is 1. The molecule has 1 atom stereocenters. The molecule has 0 aliphatic rings. The number of methoxy groups -OCH3 is 1. The normalized spacial score (nSPS) is 11.7. The lowest BCUT2D eigenvalue weighted by molar-refractivity contribution is -0.139. The van der Waals surface area contributed by atoms with Crippen LogP contribution >= 0.6 is 0 Å². The molecule has 0 unspecified atom stereocenters. The number of ether oxygens (including phenoxy) is 2. The first kappa shape index (κ1) is 21.1. The van der Waals surface area contributed by atoms with Crippen molar-refractivity contribution < 1.29 is 14.3 Å². The van der Waals surface area contributed by atoms with Crippen LogP contribution in [0.5, 0.6) is 5.75 Å². The van der Waals surface area contributed by atoms with Gasteiger partial charge in [0.1, 0.15) is 11.6 Å². The molecule has 1 aromatic heterocycles. The van der Waals surface area contributed by atoms with Crippen LogP contribution in [0.15, 0.2) is 60.8 Å². The van der Waals surface area contributed by atoms with Crippen molar-refractivity contribution in [1.82, 2.24) is 15.1 Å². The lowest BCUT2D eigenvalue weighted by Crippen LogP contribution is -2.34. The van der Waals surface area contributed by atoms with Crippen LogP contribution in [0.2, 0.25) is 0 Å². The minimum atomic E-state index is -0.876. The number of nitrogens with one attached hydrogen (secondary N) is 2. The molecule has 0 fully saturated rings. The average Bonchev–Trinajstić information content (AvgIpc) is 3.26. The van der Waals surface area contributed by atoms with Crippen molar-refractivity contribution in [3.63, 3.8) is 0 Å². The summed E-state index contributed by atoms with van der Waals surface area (Å²) in [4.78, 5) is 12.7. The smallest absolute Gasteiger partial charge is 0.272 e. The van der Waals surface area contributed by atoms with Crippen molar-refractivity contribution in [3.05, 3.63) is 71.9 Å². The van der Waals surface area contributed by atoms with Gasteiger partial charge in [0, 0.05) is 30.5 Å². The quantitative estimate of drug-likeness (QED) is 0.373. The molecule has 3 aromatic rings. The van der Waals surface area contributed by atoms with Gasteiger partial charge >= 0.3 is 0 Å². The van der Waals surface area contributed by atoms with Gasteiger partial charge in [-0.1, -0.05) is 24.3 Å². The molecule has 0 saturated carbocycles. The van der Waals surface area contributed by atoms with Crippen LogP contribution in [0.3, 0.4) is 0 Å². The van der Waals surface area contributed by atoms with E-state index < -0.39 is 6.23 Å². The van der Waals surface area contributed by atoms with E-state index in [0.29, 0.717) is 18.7 Å². The van der Waals surface area contributed by atoms with Gasteiger partial charge < -0.3 is 20.5 Å². The largest absolute Gasteiger partial charge is 0.497 e. The minimum absolute atomic E-state index is 0.00772. The van der Waals surface area contributed by atoms with Crippen LogP contribution < -0.4 is 15.8 Å². The average molecular weight is 407 g/mol. The third kappa shape index (κ3) is 5.03. The van der Waals surface area contributed by atoms with Crippen LogP contribution in [0.1, 0.15) is 24.3 Å². The van der Waals surface area contributed by atoms with Gasteiger partial charge in [-0.2, -0.15) is 5.10 Å². The molecule has 156 valence electrons. The maximum Gasteiger partial charge on any atom is 0.272 e. The Balaban J connectivity index is 1.69. The molecule has 0 radical (unpaired) electrons. The first-order valence-electron chi connectivity index (χ1n) is 9.54. The number of amides is 1. The zero-order valence-electron chi connectivity index (χ0n) is 17.0. The number of rotatable bonds is 9. The van der Waals surface area contributed by atoms with Crippen molar-refractivity contribution in [1.29, 1.82) is 5.41 Å². The number of nitrogens with two attached hydrogens (primary N) is 1. The van der Waals surface area contributed by atoms with Gasteiger partial charge in [0.05, 0.1) is 12.8 Å². The molecule has 0 spiro atoms. The van der Waals surface area contributed by atoms with Crippen LogP contribution in [-0.4, -0.2) is 35.2 Å². The van der Waals surface area contributed by atoms with Gasteiger partial charge in [0.2, 0.25) is 6.23 Å². The fourth-order valence-electron chi connectivity index (χ4n) is 2.89. The van der Waals surface area contributed by atoms with E-state index in [9.17, 15) is 4.79 Å². The molecule has 0 aliphatic carbocycles. The van der Waals surface area contributed by atoms with Crippen LogP contribution in [0.25, 0.3) is 11.3 Å². The SMILES string of the molecule is CCO[C@@H](C(=O)NCc1ccc(C(=N)N)cc1)n1ccc(-c2ccc(OC)cc2)n1. The molecule has 1 amide bonds. The van der Waals surface area contributed by atoms with Crippen LogP contribution in [0, 0.1) is 5.41 Å². The second-order valence-electron chi connectivity index (χ2n) is 6.55. The highest BCUT2D eigenvalue weighted by atomic mass is 16.5. The standard InChI is InChI=1S/C22H25N5O3/c1-3-30-22(21(28)25-14-15-4-6-17(7-5-15)20(23)24)27-13-12-19(26-27)16-8-10-18(29-2)11-9-16/h4-13,22H,3,14H2,1-2H3,(H3,23,24)(H,25,28)/t22-/m0/s1. The van der Waals surface area contributed by atoms with Crippen molar-refractivity contribution in [2.45, 2.75) is 19.7 Å². The Bertz CT molecular complexity index is 996. The summed E-state index contributed by atoms with van der Waals surface area (Å²) in [5.74, 6) is 0.478. The van der Waals surface area contributed by atoms with E-state index >= 15 is 0 Å². The van der Waals surface area contributed by atoms with E-state index in [2.05, 4.69) is 10.4 Å². The van der Waals surface area contributed by atoms with Gasteiger partial charge in [0.25, 0.3) is 5.91 Å². The highest BCUT2D eigenvalue weighted by molar-refractivity contribution is 5.94. The summed E-state index contributed by atoms with van der Waals surface area (Å²) in [7, 11) is 1.62. The van der Waals surface area contributed by atoms with Crippen LogP contribution in [0.4, 0.5) is 0 Å². The lowest BCUT2D eigenvalue weighted by Gasteiger charge is -2.17. The molecular weight excluding hydrogens is 382 g/mol. The van der Waals surface area contributed by atoms with E-state index in [-0.39, 0.29) is 11.7 Å². The molecule has 8 nitrogen and oxygen atoms in total. The molecule has 2 aromatic carbocycles. The first-order chi connectivity index (χ1) is 14.5. The number of nitrogens with zero attached hydrogens (tertiary/aromatic N) is 2. The van der Waals surface area contributed by atoms with Gasteiger partial charge in [-0.15, -0.1) is 0 Å². The zero-order valence-corrected chi connectivity index (χ0v) is 17.0. The number of benzene rings is 2. The Kier molecular flexibility index (Phi) is 6.82. The molecular formula is C22H25N5O3.